The van der Waals surface area contributed by atoms with Crippen molar-refractivity contribution in [2.45, 2.75) is 25.7 Å². The van der Waals surface area contributed by atoms with Gasteiger partial charge in [-0.05, 0) is 38.0 Å². The van der Waals surface area contributed by atoms with Crippen LogP contribution in [-0.4, -0.2) is 41.3 Å². The minimum Gasteiger partial charge on any atom is -0.495 e. The Balaban J connectivity index is 1.36. The lowest BCUT2D eigenvalue weighted by Gasteiger charge is -2.30. The molecule has 4 rings (SSSR count). The minimum absolute atomic E-state index is 0.126. The molecule has 0 bridgehead atoms. The number of hydrogen-bond acceptors (Lipinski definition) is 5. The summed E-state index contributed by atoms with van der Waals surface area (Å²) in [5, 5.41) is 7.07. The Kier molecular flexibility index (Phi) is 5.46. The highest BCUT2D eigenvalue weighted by Gasteiger charge is 2.28. The van der Waals surface area contributed by atoms with E-state index in [1.165, 1.54) is 0 Å². The molecule has 1 aliphatic heterocycles. The number of amides is 2. The number of rotatable bonds is 4. The molecule has 2 heterocycles. The third-order valence-electron chi connectivity index (χ3n) is 5.20. The number of aryl methyl sites for hydroxylation is 1. The van der Waals surface area contributed by atoms with Gasteiger partial charge < -0.3 is 19.5 Å². The van der Waals surface area contributed by atoms with Gasteiger partial charge in [-0.3, -0.25) is 0 Å². The van der Waals surface area contributed by atoms with Gasteiger partial charge in [0.25, 0.3) is 0 Å². The first-order chi connectivity index (χ1) is 14.1. The molecule has 1 N–H and O–H groups in total. The van der Waals surface area contributed by atoms with E-state index in [0.29, 0.717) is 36.2 Å². The average Bonchev–Trinajstić information content (AvgIpc) is 3.24. The highest BCUT2D eigenvalue weighted by Crippen LogP contribution is 2.30. The number of anilines is 1. The van der Waals surface area contributed by atoms with Crippen LogP contribution in [0, 0.1) is 6.92 Å². The zero-order valence-corrected chi connectivity index (χ0v) is 16.6. The second kappa shape index (κ2) is 8.34. The molecular formula is C22H24N4O3. The zero-order chi connectivity index (χ0) is 20.2. The number of carbonyl (C=O) groups is 1. The summed E-state index contributed by atoms with van der Waals surface area (Å²) in [7, 11) is 1.59. The van der Waals surface area contributed by atoms with Crippen LogP contribution in [0.5, 0.6) is 5.75 Å². The molecule has 1 aliphatic rings. The molecule has 0 radical (unpaired) electrons. The summed E-state index contributed by atoms with van der Waals surface area (Å²) < 4.78 is 10.8. The fourth-order valence-electron chi connectivity index (χ4n) is 3.57. The van der Waals surface area contributed by atoms with Gasteiger partial charge in [-0.15, -0.1) is 0 Å². The van der Waals surface area contributed by atoms with Gasteiger partial charge in [0.2, 0.25) is 11.7 Å². The van der Waals surface area contributed by atoms with Gasteiger partial charge in [-0.2, -0.15) is 4.98 Å². The third kappa shape index (κ3) is 4.23. The van der Waals surface area contributed by atoms with Crippen LogP contribution in [-0.2, 0) is 0 Å². The van der Waals surface area contributed by atoms with Gasteiger partial charge in [0.1, 0.15) is 5.75 Å². The lowest BCUT2D eigenvalue weighted by atomic mass is 9.97. The van der Waals surface area contributed by atoms with Crippen molar-refractivity contribution in [1.29, 1.82) is 0 Å². The highest BCUT2D eigenvalue weighted by molar-refractivity contribution is 5.91. The summed E-state index contributed by atoms with van der Waals surface area (Å²) in [5.41, 5.74) is 2.78. The summed E-state index contributed by atoms with van der Waals surface area (Å²) in [5.74, 6) is 2.06. The Hall–Kier alpha value is -3.35. The molecule has 0 spiro atoms. The topological polar surface area (TPSA) is 80.5 Å². The number of urea groups is 1. The number of carbonyl (C=O) groups excluding carboxylic acids is 1. The predicted octanol–water partition coefficient (Wildman–Crippen LogP) is 4.47. The second-order valence-electron chi connectivity index (χ2n) is 7.22. The first kappa shape index (κ1) is 19.0. The van der Waals surface area contributed by atoms with Gasteiger partial charge in [-0.1, -0.05) is 41.1 Å². The number of nitrogens with one attached hydrogen (secondary N) is 1. The van der Waals surface area contributed by atoms with Crippen molar-refractivity contribution < 1.29 is 14.1 Å². The van der Waals surface area contributed by atoms with Crippen LogP contribution in [0.4, 0.5) is 10.5 Å². The van der Waals surface area contributed by atoms with Crippen LogP contribution in [0.15, 0.2) is 53.1 Å². The van der Waals surface area contributed by atoms with E-state index in [9.17, 15) is 4.79 Å². The van der Waals surface area contributed by atoms with E-state index < -0.39 is 0 Å². The van der Waals surface area contributed by atoms with Crippen LogP contribution in [0.2, 0.25) is 0 Å². The number of hydrogen-bond donors (Lipinski definition) is 1. The molecule has 2 aromatic carbocycles. The van der Waals surface area contributed by atoms with Crippen molar-refractivity contribution in [3.05, 3.63) is 60.0 Å². The van der Waals surface area contributed by atoms with E-state index in [-0.39, 0.29) is 11.9 Å². The Bertz CT molecular complexity index is 993. The molecule has 7 heteroatoms. The van der Waals surface area contributed by atoms with E-state index in [1.807, 2.05) is 55.5 Å². The molecule has 1 fully saturated rings. The Labute approximate surface area is 169 Å². The van der Waals surface area contributed by atoms with Crippen molar-refractivity contribution in [2.24, 2.45) is 0 Å². The largest absolute Gasteiger partial charge is 0.495 e. The standard InChI is InChI=1S/C22H24N4O3/c1-15-6-5-7-17(14-15)20-24-21(29-25-20)16-10-12-26(13-11-16)22(27)23-18-8-3-4-9-19(18)28-2/h3-9,14,16H,10-13H2,1-2H3,(H,23,27). The number of nitrogens with zero attached hydrogens (tertiary/aromatic N) is 3. The predicted molar refractivity (Wildman–Crippen MR) is 110 cm³/mol. The first-order valence-electron chi connectivity index (χ1n) is 9.73. The fraction of sp³-hybridized carbons (Fsp3) is 0.318. The number of ether oxygens (including phenoxy) is 1. The summed E-state index contributed by atoms with van der Waals surface area (Å²) in [6, 6.07) is 15.3. The number of piperidine rings is 1. The fourth-order valence-corrected chi connectivity index (χ4v) is 3.57. The van der Waals surface area contributed by atoms with E-state index in [0.717, 1.165) is 24.0 Å². The van der Waals surface area contributed by atoms with Crippen LogP contribution in [0.3, 0.4) is 0 Å². The summed E-state index contributed by atoms with van der Waals surface area (Å²) in [6.45, 7) is 3.30. The molecule has 29 heavy (non-hydrogen) atoms. The average molecular weight is 392 g/mol. The molecule has 0 atom stereocenters. The lowest BCUT2D eigenvalue weighted by Crippen LogP contribution is -2.40. The van der Waals surface area contributed by atoms with Gasteiger partial charge in [0.05, 0.1) is 12.8 Å². The van der Waals surface area contributed by atoms with Gasteiger partial charge >= 0.3 is 6.03 Å². The molecule has 0 saturated carbocycles. The molecule has 3 aromatic rings. The summed E-state index contributed by atoms with van der Waals surface area (Å²) in [6.07, 6.45) is 1.57. The maximum absolute atomic E-state index is 12.6. The Morgan fingerprint density at radius 2 is 1.97 bits per heavy atom. The van der Waals surface area contributed by atoms with Gasteiger partial charge in [-0.25, -0.2) is 4.79 Å². The normalized spacial score (nSPS) is 14.6. The van der Waals surface area contributed by atoms with Crippen LogP contribution < -0.4 is 10.1 Å². The molecule has 2 amide bonds. The number of benzene rings is 2. The minimum atomic E-state index is -0.126. The molecule has 1 saturated heterocycles. The SMILES string of the molecule is COc1ccccc1NC(=O)N1CCC(c2nc(-c3cccc(C)c3)no2)CC1. The summed E-state index contributed by atoms with van der Waals surface area (Å²) >= 11 is 0. The van der Waals surface area contributed by atoms with Crippen molar-refractivity contribution >= 4 is 11.7 Å². The second-order valence-corrected chi connectivity index (χ2v) is 7.22. The Morgan fingerprint density at radius 3 is 2.72 bits per heavy atom. The van der Waals surface area contributed by atoms with Crippen molar-refractivity contribution in [3.8, 4) is 17.1 Å². The smallest absolute Gasteiger partial charge is 0.321 e. The maximum atomic E-state index is 12.6. The lowest BCUT2D eigenvalue weighted by molar-refractivity contribution is 0.187. The number of methoxy groups -OCH3 is 1. The molecule has 1 aromatic heterocycles. The number of likely N-dealkylation sites (tertiary alicyclic amines) is 1. The first-order valence-corrected chi connectivity index (χ1v) is 9.73. The molecule has 0 aliphatic carbocycles. The quantitative estimate of drug-likeness (QED) is 0.709. The van der Waals surface area contributed by atoms with Crippen LogP contribution in [0.25, 0.3) is 11.4 Å². The Morgan fingerprint density at radius 1 is 1.17 bits per heavy atom. The number of para-hydroxylation sites is 2. The number of aromatic nitrogens is 2. The van der Waals surface area contributed by atoms with Crippen molar-refractivity contribution in [2.75, 3.05) is 25.5 Å². The van der Waals surface area contributed by atoms with E-state index in [2.05, 4.69) is 15.5 Å². The molecule has 7 nitrogen and oxygen atoms in total. The third-order valence-corrected chi connectivity index (χ3v) is 5.20. The van der Waals surface area contributed by atoms with Crippen LogP contribution >= 0.6 is 0 Å². The molecule has 150 valence electrons. The van der Waals surface area contributed by atoms with E-state index in [1.54, 1.807) is 12.0 Å². The van der Waals surface area contributed by atoms with E-state index >= 15 is 0 Å². The van der Waals surface area contributed by atoms with Gasteiger partial charge in [0.15, 0.2) is 0 Å². The van der Waals surface area contributed by atoms with Crippen LogP contribution in [0.1, 0.15) is 30.2 Å². The molecule has 0 unspecified atom stereocenters. The van der Waals surface area contributed by atoms with Crippen molar-refractivity contribution in [3.63, 3.8) is 0 Å². The highest BCUT2D eigenvalue weighted by atomic mass is 16.5. The maximum Gasteiger partial charge on any atom is 0.321 e. The van der Waals surface area contributed by atoms with E-state index in [4.69, 9.17) is 9.26 Å². The van der Waals surface area contributed by atoms with Crippen molar-refractivity contribution in [1.82, 2.24) is 15.0 Å². The monoisotopic (exact) mass is 392 g/mol. The summed E-state index contributed by atoms with van der Waals surface area (Å²) in [4.78, 5) is 19.0. The van der Waals surface area contributed by atoms with Gasteiger partial charge in [0, 0.05) is 24.6 Å². The molecular weight excluding hydrogens is 368 g/mol. The zero-order valence-electron chi connectivity index (χ0n) is 16.6.